The van der Waals surface area contributed by atoms with Crippen LogP contribution in [-0.2, 0) is 9.53 Å². The molecule has 1 aromatic rings. The number of ketones is 1. The minimum Gasteiger partial charge on any atom is -0.494 e. The van der Waals surface area contributed by atoms with Crippen molar-refractivity contribution in [2.24, 2.45) is 0 Å². The van der Waals surface area contributed by atoms with Crippen LogP contribution in [0.2, 0.25) is 0 Å². The predicted octanol–water partition coefficient (Wildman–Crippen LogP) is 4.60. The lowest BCUT2D eigenvalue weighted by molar-refractivity contribution is -0.142. The minimum atomic E-state index is -0.352. The number of hydrogen-bond acceptors (Lipinski definition) is 4. The quantitative estimate of drug-likeness (QED) is 0.377. The monoisotopic (exact) mass is 332 g/mol. The largest absolute Gasteiger partial charge is 0.494 e. The Morgan fingerprint density at radius 3 is 2.50 bits per heavy atom. The number of benzene rings is 1. The molecule has 1 rings (SSSR count). The summed E-state index contributed by atoms with van der Waals surface area (Å²) in [4.78, 5) is 24.2. The molecule has 0 aliphatic carbocycles. The molecule has 0 amide bonds. The molecular formula is C20H28O4. The van der Waals surface area contributed by atoms with E-state index < -0.39 is 0 Å². The smallest absolute Gasteiger partial charge is 0.306 e. The highest BCUT2D eigenvalue weighted by Crippen LogP contribution is 2.29. The number of carbonyl (C=O) groups excluding carboxylic acids is 2. The van der Waals surface area contributed by atoms with Crippen molar-refractivity contribution < 1.29 is 19.1 Å². The van der Waals surface area contributed by atoms with E-state index in [1.165, 1.54) is 0 Å². The zero-order valence-electron chi connectivity index (χ0n) is 15.3. The summed E-state index contributed by atoms with van der Waals surface area (Å²) in [5.74, 6) is 0.622. The van der Waals surface area contributed by atoms with E-state index in [0.717, 1.165) is 16.9 Å². The summed E-state index contributed by atoms with van der Waals surface area (Å²) in [5, 5.41) is 0. The van der Waals surface area contributed by atoms with Gasteiger partial charge in [-0.1, -0.05) is 26.0 Å². The van der Waals surface area contributed by atoms with Gasteiger partial charge in [-0.3, -0.25) is 9.59 Å². The summed E-state index contributed by atoms with van der Waals surface area (Å²) >= 11 is 0. The summed E-state index contributed by atoms with van der Waals surface area (Å²) in [6.45, 7) is 10.7. The van der Waals surface area contributed by atoms with Gasteiger partial charge in [0.15, 0.2) is 5.78 Å². The second-order valence-corrected chi connectivity index (χ2v) is 5.97. The van der Waals surface area contributed by atoms with E-state index in [2.05, 4.69) is 0 Å². The van der Waals surface area contributed by atoms with Crippen LogP contribution < -0.4 is 4.74 Å². The highest BCUT2D eigenvalue weighted by Gasteiger charge is 2.18. The number of rotatable bonds is 9. The molecule has 0 saturated carbocycles. The normalized spacial score (nSPS) is 11.1. The lowest BCUT2D eigenvalue weighted by Gasteiger charge is -2.16. The predicted molar refractivity (Wildman–Crippen MR) is 95.8 cm³/mol. The summed E-state index contributed by atoms with van der Waals surface area (Å²) in [6, 6.07) is 3.81. The Hall–Kier alpha value is -2.10. The minimum absolute atomic E-state index is 0.0344. The molecule has 0 aliphatic rings. The van der Waals surface area contributed by atoms with Gasteiger partial charge in [0.1, 0.15) is 12.4 Å². The van der Waals surface area contributed by atoms with Crippen LogP contribution in [0, 0.1) is 6.92 Å². The molecule has 0 fully saturated rings. The van der Waals surface area contributed by atoms with Crippen molar-refractivity contribution in [2.45, 2.75) is 53.4 Å². The molecule has 1 aromatic carbocycles. The zero-order chi connectivity index (χ0) is 18.1. The van der Waals surface area contributed by atoms with Crippen LogP contribution in [0.4, 0.5) is 0 Å². The third-order valence-electron chi connectivity index (χ3n) is 3.70. The van der Waals surface area contributed by atoms with E-state index in [1.54, 1.807) is 6.08 Å². The van der Waals surface area contributed by atoms with Gasteiger partial charge in [0.05, 0.1) is 13.0 Å². The van der Waals surface area contributed by atoms with Gasteiger partial charge in [0, 0.05) is 12.0 Å². The highest BCUT2D eigenvalue weighted by molar-refractivity contribution is 5.99. The molecule has 0 spiro atoms. The van der Waals surface area contributed by atoms with Gasteiger partial charge in [-0.2, -0.15) is 0 Å². The van der Waals surface area contributed by atoms with Crippen LogP contribution in [0.5, 0.6) is 5.75 Å². The number of esters is 1. The van der Waals surface area contributed by atoms with E-state index in [4.69, 9.17) is 9.47 Å². The summed E-state index contributed by atoms with van der Waals surface area (Å²) in [6.07, 6.45) is 3.82. The average Bonchev–Trinajstić information content (AvgIpc) is 2.54. The third-order valence-corrected chi connectivity index (χ3v) is 3.70. The summed E-state index contributed by atoms with van der Waals surface area (Å²) in [7, 11) is 0. The fourth-order valence-corrected chi connectivity index (χ4v) is 2.39. The number of hydrogen-bond donors (Lipinski definition) is 0. The van der Waals surface area contributed by atoms with Gasteiger partial charge in [0.25, 0.3) is 0 Å². The first-order chi connectivity index (χ1) is 11.4. The average molecular weight is 332 g/mol. The molecule has 0 unspecified atom stereocenters. The van der Waals surface area contributed by atoms with Gasteiger partial charge in [0.2, 0.25) is 0 Å². The Morgan fingerprint density at radius 1 is 1.21 bits per heavy atom. The maximum atomic E-state index is 12.6. The SMILES string of the molecule is C/C=C/COC(=O)CCC(=O)c1cc(C)c(OCC)cc1C(C)C. The van der Waals surface area contributed by atoms with Crippen molar-refractivity contribution >= 4 is 11.8 Å². The number of ether oxygens (including phenoxy) is 2. The molecule has 0 aromatic heterocycles. The standard InChI is InChI=1S/C20H28O4/c1-6-8-11-24-20(22)10-9-18(21)17-12-15(5)19(23-7-2)13-16(17)14(3)4/h6,8,12-14H,7,9-11H2,1-5H3/b8-6+. The van der Waals surface area contributed by atoms with Gasteiger partial charge >= 0.3 is 5.97 Å². The van der Waals surface area contributed by atoms with Crippen molar-refractivity contribution in [1.82, 2.24) is 0 Å². The number of allylic oxidation sites excluding steroid dienone is 1. The van der Waals surface area contributed by atoms with E-state index in [1.807, 2.05) is 52.8 Å². The molecule has 0 N–H and O–H groups in total. The second-order valence-electron chi connectivity index (χ2n) is 5.97. The van der Waals surface area contributed by atoms with Crippen molar-refractivity contribution in [3.63, 3.8) is 0 Å². The maximum absolute atomic E-state index is 12.6. The van der Waals surface area contributed by atoms with E-state index in [-0.39, 0.29) is 37.1 Å². The molecule has 0 radical (unpaired) electrons. The molecule has 0 saturated heterocycles. The lowest BCUT2D eigenvalue weighted by atomic mass is 9.91. The topological polar surface area (TPSA) is 52.6 Å². The third kappa shape index (κ3) is 5.84. The number of carbonyl (C=O) groups is 2. The van der Waals surface area contributed by atoms with Crippen LogP contribution in [0.3, 0.4) is 0 Å². The second kappa shape index (κ2) is 9.91. The first kappa shape index (κ1) is 19.9. The van der Waals surface area contributed by atoms with Crippen molar-refractivity contribution in [1.29, 1.82) is 0 Å². The number of Topliss-reactive ketones (excluding diaryl/α,β-unsaturated/α-hetero) is 1. The summed E-state index contributed by atoms with van der Waals surface area (Å²) < 4.78 is 10.6. The fraction of sp³-hybridized carbons (Fsp3) is 0.500. The van der Waals surface area contributed by atoms with E-state index in [0.29, 0.717) is 12.2 Å². The summed E-state index contributed by atoms with van der Waals surface area (Å²) in [5.41, 5.74) is 2.56. The van der Waals surface area contributed by atoms with Gasteiger partial charge in [-0.05, 0) is 49.9 Å². The molecule has 4 heteroatoms. The van der Waals surface area contributed by atoms with E-state index >= 15 is 0 Å². The highest BCUT2D eigenvalue weighted by atomic mass is 16.5. The molecule has 0 aliphatic heterocycles. The van der Waals surface area contributed by atoms with Crippen molar-refractivity contribution in [3.05, 3.63) is 41.0 Å². The van der Waals surface area contributed by atoms with Gasteiger partial charge in [-0.15, -0.1) is 0 Å². The Bertz CT molecular complexity index is 600. The van der Waals surface area contributed by atoms with Gasteiger partial charge < -0.3 is 9.47 Å². The Balaban J connectivity index is 2.85. The molecule has 0 atom stereocenters. The maximum Gasteiger partial charge on any atom is 0.306 e. The van der Waals surface area contributed by atoms with Gasteiger partial charge in [-0.25, -0.2) is 0 Å². The van der Waals surface area contributed by atoms with Crippen LogP contribution in [0.25, 0.3) is 0 Å². The van der Waals surface area contributed by atoms with Crippen LogP contribution in [0.1, 0.15) is 67.9 Å². The fourth-order valence-electron chi connectivity index (χ4n) is 2.39. The lowest BCUT2D eigenvalue weighted by Crippen LogP contribution is -2.11. The van der Waals surface area contributed by atoms with Crippen molar-refractivity contribution in [2.75, 3.05) is 13.2 Å². The Kier molecular flexibility index (Phi) is 8.24. The van der Waals surface area contributed by atoms with Crippen LogP contribution in [-0.4, -0.2) is 25.0 Å². The van der Waals surface area contributed by atoms with Crippen LogP contribution >= 0.6 is 0 Å². The first-order valence-electron chi connectivity index (χ1n) is 8.48. The zero-order valence-corrected chi connectivity index (χ0v) is 15.3. The molecule has 0 bridgehead atoms. The van der Waals surface area contributed by atoms with E-state index in [9.17, 15) is 9.59 Å². The number of aryl methyl sites for hydroxylation is 1. The first-order valence-corrected chi connectivity index (χ1v) is 8.48. The molecule has 132 valence electrons. The molecule has 0 heterocycles. The Labute approximate surface area is 144 Å². The van der Waals surface area contributed by atoms with Crippen molar-refractivity contribution in [3.8, 4) is 5.75 Å². The van der Waals surface area contributed by atoms with Crippen LogP contribution in [0.15, 0.2) is 24.3 Å². The molecular weight excluding hydrogens is 304 g/mol. The Morgan fingerprint density at radius 2 is 1.92 bits per heavy atom. The molecule has 4 nitrogen and oxygen atoms in total. The molecule has 24 heavy (non-hydrogen) atoms.